The second kappa shape index (κ2) is 10.3. The summed E-state index contributed by atoms with van der Waals surface area (Å²) in [4.78, 5) is 31.3. The molecule has 0 unspecified atom stereocenters. The van der Waals surface area contributed by atoms with E-state index < -0.39 is 12.0 Å². The van der Waals surface area contributed by atoms with Gasteiger partial charge in [0.25, 0.3) is 5.91 Å². The Labute approximate surface area is 212 Å². The van der Waals surface area contributed by atoms with Crippen LogP contribution in [0.2, 0.25) is 0 Å². The van der Waals surface area contributed by atoms with Gasteiger partial charge in [-0.3, -0.25) is 4.79 Å². The van der Waals surface area contributed by atoms with Crippen LogP contribution in [0.5, 0.6) is 11.5 Å². The first kappa shape index (κ1) is 24.3. The number of ether oxygens (including phenoxy) is 1. The molecule has 2 fully saturated rings. The highest BCUT2D eigenvalue weighted by molar-refractivity contribution is 5.99. The van der Waals surface area contributed by atoms with Gasteiger partial charge in [0.2, 0.25) is 0 Å². The Bertz CT molecular complexity index is 1260. The minimum atomic E-state index is -0.948. The molecule has 2 heterocycles. The molecule has 3 aromatic rings. The molecule has 1 aliphatic carbocycles. The third-order valence-electron chi connectivity index (χ3n) is 7.64. The van der Waals surface area contributed by atoms with E-state index in [9.17, 15) is 14.7 Å². The van der Waals surface area contributed by atoms with E-state index in [1.54, 1.807) is 6.07 Å². The highest BCUT2D eigenvalue weighted by Crippen LogP contribution is 2.33. The molecule has 1 aliphatic heterocycles. The lowest BCUT2D eigenvalue weighted by atomic mass is 9.97. The fraction of sp³-hybridized carbons (Fsp3) is 0.433. The highest BCUT2D eigenvalue weighted by Gasteiger charge is 2.35. The summed E-state index contributed by atoms with van der Waals surface area (Å²) in [6, 6.07) is 15.1. The van der Waals surface area contributed by atoms with Gasteiger partial charge in [-0.1, -0.05) is 57.7 Å². The number of likely N-dealkylation sites (tertiary alicyclic amines) is 1. The van der Waals surface area contributed by atoms with E-state index in [2.05, 4.69) is 26.0 Å². The normalized spacial score (nSPS) is 18.3. The molecule has 1 N–H and O–H groups in total. The lowest BCUT2D eigenvalue weighted by Gasteiger charge is -2.22. The molecule has 0 bridgehead atoms. The lowest BCUT2D eigenvalue weighted by molar-refractivity contribution is -0.141. The Morgan fingerprint density at radius 1 is 1.00 bits per heavy atom. The Kier molecular flexibility index (Phi) is 6.95. The van der Waals surface area contributed by atoms with Gasteiger partial charge < -0.3 is 14.7 Å². The zero-order valence-electron chi connectivity index (χ0n) is 21.1. The maximum Gasteiger partial charge on any atom is 0.326 e. The quantitative estimate of drug-likeness (QED) is 0.408. The first-order chi connectivity index (χ1) is 17.4. The molecule has 1 amide bonds. The standard InChI is InChI=1S/C30H34N2O4/c1-19(2)21-9-12-23(13-10-21)36-24-14-11-22-17-27(29(33)32-15-5-8-28(32)30(34)35)31-26(25(22)18-24)16-20-6-3-4-7-20/h9-14,17-20,28H,3-8,15-16H2,1-2H3,(H,34,35)/t28-/m0/s1. The number of rotatable bonds is 7. The van der Waals surface area contributed by atoms with Gasteiger partial charge in [-0.05, 0) is 72.4 Å². The molecule has 1 saturated carbocycles. The van der Waals surface area contributed by atoms with Crippen LogP contribution in [-0.2, 0) is 11.2 Å². The molecular weight excluding hydrogens is 452 g/mol. The summed E-state index contributed by atoms with van der Waals surface area (Å²) in [5, 5.41) is 11.5. The van der Waals surface area contributed by atoms with Gasteiger partial charge in [-0.25, -0.2) is 9.78 Å². The van der Waals surface area contributed by atoms with Crippen LogP contribution in [0.15, 0.2) is 48.5 Å². The van der Waals surface area contributed by atoms with Crippen LogP contribution in [0.25, 0.3) is 10.8 Å². The smallest absolute Gasteiger partial charge is 0.326 e. The fourth-order valence-corrected chi connectivity index (χ4v) is 5.58. The number of nitrogens with zero attached hydrogens (tertiary/aromatic N) is 2. The number of carboxylic acid groups (broad SMARTS) is 1. The van der Waals surface area contributed by atoms with Crippen molar-refractivity contribution in [2.24, 2.45) is 5.92 Å². The molecule has 0 spiro atoms. The Balaban J connectivity index is 1.48. The van der Waals surface area contributed by atoms with Crippen LogP contribution in [-0.4, -0.2) is 39.5 Å². The third kappa shape index (κ3) is 5.08. The third-order valence-corrected chi connectivity index (χ3v) is 7.64. The van der Waals surface area contributed by atoms with E-state index in [-0.39, 0.29) is 5.91 Å². The molecular formula is C30H34N2O4. The number of aliphatic carboxylic acids is 1. The molecule has 0 radical (unpaired) electrons. The molecule has 1 atom stereocenters. The van der Waals surface area contributed by atoms with Crippen molar-refractivity contribution in [1.82, 2.24) is 9.88 Å². The average Bonchev–Trinajstić information content (AvgIpc) is 3.56. The maximum atomic E-state index is 13.4. The number of benzene rings is 2. The van der Waals surface area contributed by atoms with Gasteiger partial charge in [0.05, 0.1) is 0 Å². The monoisotopic (exact) mass is 486 g/mol. The van der Waals surface area contributed by atoms with Gasteiger partial charge in [0, 0.05) is 17.6 Å². The molecule has 6 nitrogen and oxygen atoms in total. The summed E-state index contributed by atoms with van der Waals surface area (Å²) < 4.78 is 6.18. The summed E-state index contributed by atoms with van der Waals surface area (Å²) >= 11 is 0. The van der Waals surface area contributed by atoms with Crippen LogP contribution in [0.4, 0.5) is 0 Å². The molecule has 36 heavy (non-hydrogen) atoms. The highest BCUT2D eigenvalue weighted by atomic mass is 16.5. The maximum absolute atomic E-state index is 13.4. The van der Waals surface area contributed by atoms with Crippen molar-refractivity contribution in [2.75, 3.05) is 6.54 Å². The number of carboxylic acids is 1. The largest absolute Gasteiger partial charge is 0.480 e. The van der Waals surface area contributed by atoms with Crippen molar-refractivity contribution in [1.29, 1.82) is 0 Å². The molecule has 2 aromatic carbocycles. The molecule has 2 aliphatic rings. The zero-order valence-corrected chi connectivity index (χ0v) is 21.1. The van der Waals surface area contributed by atoms with E-state index in [0.717, 1.165) is 34.4 Å². The second-order valence-corrected chi connectivity index (χ2v) is 10.5. The minimum absolute atomic E-state index is 0.292. The fourth-order valence-electron chi connectivity index (χ4n) is 5.58. The number of aromatic nitrogens is 1. The van der Waals surface area contributed by atoms with Gasteiger partial charge in [0.1, 0.15) is 23.2 Å². The Morgan fingerprint density at radius 3 is 2.42 bits per heavy atom. The predicted octanol–water partition coefficient (Wildman–Crippen LogP) is 6.57. The zero-order chi connectivity index (χ0) is 25.2. The van der Waals surface area contributed by atoms with E-state index in [1.807, 2.05) is 30.3 Å². The molecule has 188 valence electrons. The van der Waals surface area contributed by atoms with E-state index in [4.69, 9.17) is 9.72 Å². The number of amides is 1. The molecule has 5 rings (SSSR count). The van der Waals surface area contributed by atoms with Crippen molar-refractivity contribution in [2.45, 2.75) is 70.8 Å². The van der Waals surface area contributed by atoms with Crippen LogP contribution >= 0.6 is 0 Å². The van der Waals surface area contributed by atoms with Gasteiger partial charge >= 0.3 is 5.97 Å². The Hall–Kier alpha value is -3.41. The van der Waals surface area contributed by atoms with Crippen molar-refractivity contribution >= 4 is 22.6 Å². The van der Waals surface area contributed by atoms with Crippen LogP contribution in [0.1, 0.15) is 80.0 Å². The first-order valence-corrected chi connectivity index (χ1v) is 13.1. The van der Waals surface area contributed by atoms with Gasteiger partial charge in [-0.2, -0.15) is 0 Å². The number of carbonyl (C=O) groups excluding carboxylic acids is 1. The lowest BCUT2D eigenvalue weighted by Crippen LogP contribution is -2.40. The summed E-state index contributed by atoms with van der Waals surface area (Å²) in [6.07, 6.45) is 6.81. The topological polar surface area (TPSA) is 79.7 Å². The SMILES string of the molecule is CC(C)c1ccc(Oc2ccc3cc(C(=O)N4CCC[C@H]4C(=O)O)nc(CC4CCCC4)c3c2)cc1. The van der Waals surface area contributed by atoms with Crippen LogP contribution < -0.4 is 4.74 Å². The van der Waals surface area contributed by atoms with Crippen molar-refractivity contribution in [3.8, 4) is 11.5 Å². The second-order valence-electron chi connectivity index (χ2n) is 10.5. The average molecular weight is 487 g/mol. The Morgan fingerprint density at radius 2 is 1.72 bits per heavy atom. The number of hydrogen-bond donors (Lipinski definition) is 1. The predicted molar refractivity (Wildman–Crippen MR) is 140 cm³/mol. The summed E-state index contributed by atoms with van der Waals surface area (Å²) in [5.74, 6) is 1.30. The minimum Gasteiger partial charge on any atom is -0.480 e. The van der Waals surface area contributed by atoms with E-state index >= 15 is 0 Å². The van der Waals surface area contributed by atoms with Crippen LogP contribution in [0, 0.1) is 5.92 Å². The number of carbonyl (C=O) groups is 2. The van der Waals surface area contributed by atoms with Crippen molar-refractivity contribution < 1.29 is 19.4 Å². The first-order valence-electron chi connectivity index (χ1n) is 13.1. The number of pyridine rings is 1. The van der Waals surface area contributed by atoms with E-state index in [1.165, 1.54) is 36.1 Å². The summed E-state index contributed by atoms with van der Waals surface area (Å²) in [7, 11) is 0. The van der Waals surface area contributed by atoms with Crippen LogP contribution in [0.3, 0.4) is 0 Å². The van der Waals surface area contributed by atoms with Gasteiger partial charge in [0.15, 0.2) is 0 Å². The van der Waals surface area contributed by atoms with E-state index in [0.29, 0.717) is 36.9 Å². The van der Waals surface area contributed by atoms with Gasteiger partial charge in [-0.15, -0.1) is 0 Å². The van der Waals surface area contributed by atoms with Crippen molar-refractivity contribution in [3.63, 3.8) is 0 Å². The molecule has 6 heteroatoms. The summed E-state index contributed by atoms with van der Waals surface area (Å²) in [6.45, 7) is 4.79. The summed E-state index contributed by atoms with van der Waals surface area (Å²) in [5.41, 5.74) is 2.50. The van der Waals surface area contributed by atoms with Crippen molar-refractivity contribution in [3.05, 3.63) is 65.5 Å². The number of fused-ring (bicyclic) bond motifs is 1. The number of hydrogen-bond acceptors (Lipinski definition) is 4. The molecule has 1 aromatic heterocycles. The molecule has 1 saturated heterocycles.